The van der Waals surface area contributed by atoms with Crippen LogP contribution in [0.2, 0.25) is 0 Å². The van der Waals surface area contributed by atoms with Crippen LogP contribution in [0.3, 0.4) is 0 Å². The Morgan fingerprint density at radius 1 is 1.00 bits per heavy atom. The van der Waals surface area contributed by atoms with Gasteiger partial charge in [0.15, 0.2) is 19.7 Å². The molecule has 7 nitrogen and oxygen atoms in total. The molecule has 0 unspecified atom stereocenters. The van der Waals surface area contributed by atoms with Gasteiger partial charge in [0.25, 0.3) is 0 Å². The van der Waals surface area contributed by atoms with Crippen molar-refractivity contribution in [2.45, 2.75) is 9.79 Å². The smallest absolute Gasteiger partial charge is 0.222 e. The normalized spacial score (nSPS) is 12.5. The van der Waals surface area contributed by atoms with Crippen LogP contribution in [0.4, 0.5) is 5.88 Å². The summed E-state index contributed by atoms with van der Waals surface area (Å²) in [6.07, 6.45) is 1.89. The van der Waals surface area contributed by atoms with E-state index in [4.69, 9.17) is 10.3 Å². The number of hydrogen-bond acceptors (Lipinski definition) is 7. The largest absolute Gasteiger partial charge is 0.368 e. The lowest BCUT2D eigenvalue weighted by Gasteiger charge is -2.07. The molecule has 0 aliphatic carbocycles. The molecule has 0 radical (unpaired) electrons. The third kappa shape index (κ3) is 2.83. The van der Waals surface area contributed by atoms with Crippen LogP contribution in [0, 0.1) is 0 Å². The summed E-state index contributed by atoms with van der Waals surface area (Å²) in [6.45, 7) is 0. The lowest BCUT2D eigenvalue weighted by atomic mass is 10.1. The maximum absolute atomic E-state index is 11.8. The zero-order valence-electron chi connectivity index (χ0n) is 10.7. The second kappa shape index (κ2) is 4.60. The highest BCUT2D eigenvalue weighted by molar-refractivity contribution is 7.93. The molecule has 0 amide bonds. The predicted octanol–water partition coefficient (Wildman–Crippen LogP) is 0.731. The van der Waals surface area contributed by atoms with E-state index in [1.165, 1.54) is 24.3 Å². The Labute approximate surface area is 116 Å². The molecule has 20 heavy (non-hydrogen) atoms. The lowest BCUT2D eigenvalue weighted by Crippen LogP contribution is -2.07. The number of aromatic nitrogens is 1. The van der Waals surface area contributed by atoms with Crippen molar-refractivity contribution in [3.05, 3.63) is 24.3 Å². The molecule has 0 bridgehead atoms. The van der Waals surface area contributed by atoms with Gasteiger partial charge in [0.1, 0.15) is 5.69 Å². The molecule has 9 heteroatoms. The fourth-order valence-electron chi connectivity index (χ4n) is 1.69. The first kappa shape index (κ1) is 14.5. The number of anilines is 1. The van der Waals surface area contributed by atoms with E-state index in [0.29, 0.717) is 11.3 Å². The van der Waals surface area contributed by atoms with Gasteiger partial charge in [-0.1, -0.05) is 11.2 Å². The Morgan fingerprint density at radius 3 is 2.05 bits per heavy atom. The number of nitrogens with zero attached hydrogens (tertiary/aromatic N) is 1. The van der Waals surface area contributed by atoms with Crippen LogP contribution < -0.4 is 5.73 Å². The Morgan fingerprint density at radius 2 is 1.60 bits per heavy atom. The molecule has 2 aromatic rings. The summed E-state index contributed by atoms with van der Waals surface area (Å²) in [6, 6.07) is 5.33. The number of rotatable bonds is 3. The van der Waals surface area contributed by atoms with E-state index in [9.17, 15) is 16.8 Å². The van der Waals surface area contributed by atoms with Crippen LogP contribution in [0.15, 0.2) is 38.6 Å². The van der Waals surface area contributed by atoms with E-state index in [1.54, 1.807) is 0 Å². The van der Waals surface area contributed by atoms with E-state index in [-0.39, 0.29) is 15.7 Å². The van der Waals surface area contributed by atoms with Crippen LogP contribution in [0.5, 0.6) is 0 Å². The molecule has 108 valence electrons. The van der Waals surface area contributed by atoms with Crippen molar-refractivity contribution in [3.8, 4) is 11.3 Å². The van der Waals surface area contributed by atoms with Gasteiger partial charge in [0.2, 0.25) is 5.88 Å². The summed E-state index contributed by atoms with van der Waals surface area (Å²) in [5.74, 6) is 0.0769. The summed E-state index contributed by atoms with van der Waals surface area (Å²) in [5, 5.41) is 3.66. The molecular weight excluding hydrogens is 304 g/mol. The Bertz CT molecular complexity index is 866. The van der Waals surface area contributed by atoms with E-state index in [0.717, 1.165) is 12.5 Å². The zero-order chi connectivity index (χ0) is 15.1. The maximum atomic E-state index is 11.8. The Balaban J connectivity index is 2.74. The molecule has 0 saturated heterocycles. The van der Waals surface area contributed by atoms with Gasteiger partial charge in [-0.25, -0.2) is 16.8 Å². The van der Waals surface area contributed by atoms with Gasteiger partial charge in [0.05, 0.1) is 9.79 Å². The Hall–Kier alpha value is -1.87. The van der Waals surface area contributed by atoms with E-state index in [1.807, 2.05) is 0 Å². The minimum atomic E-state index is -3.71. The van der Waals surface area contributed by atoms with E-state index in [2.05, 4.69) is 5.16 Å². The average Bonchev–Trinajstić information content (AvgIpc) is 2.73. The monoisotopic (exact) mass is 316 g/mol. The van der Waals surface area contributed by atoms with Gasteiger partial charge in [-0.05, 0) is 12.1 Å². The fraction of sp³-hybridized carbons (Fsp3) is 0.182. The molecule has 1 aromatic heterocycles. The third-order valence-electron chi connectivity index (χ3n) is 2.57. The van der Waals surface area contributed by atoms with Crippen LogP contribution in [0.25, 0.3) is 11.3 Å². The number of benzene rings is 1. The fourth-order valence-corrected chi connectivity index (χ4v) is 4.11. The second-order valence-electron chi connectivity index (χ2n) is 4.32. The van der Waals surface area contributed by atoms with Crippen molar-refractivity contribution >= 4 is 25.6 Å². The number of sulfone groups is 2. The molecule has 1 heterocycles. The standard InChI is InChI=1S/C11H12N2O5S2/c1-19(14,15)9-4-3-7(5-10(9)20(2,16)17)8-6-11(12)18-13-8/h3-6H,12H2,1-2H3. The number of hydrogen-bond donors (Lipinski definition) is 1. The molecule has 1 aromatic carbocycles. The first-order chi connectivity index (χ1) is 9.09. The lowest BCUT2D eigenvalue weighted by molar-refractivity contribution is 0.439. The summed E-state index contributed by atoms with van der Waals surface area (Å²) >= 11 is 0. The third-order valence-corrected chi connectivity index (χ3v) is 4.99. The molecule has 0 aliphatic heterocycles. The first-order valence-electron chi connectivity index (χ1n) is 5.36. The summed E-state index contributed by atoms with van der Waals surface area (Å²) in [5.41, 5.74) is 6.12. The van der Waals surface area contributed by atoms with Gasteiger partial charge in [-0.15, -0.1) is 0 Å². The molecule has 0 fully saturated rings. The van der Waals surface area contributed by atoms with Crippen molar-refractivity contribution in [2.24, 2.45) is 0 Å². The van der Waals surface area contributed by atoms with Gasteiger partial charge in [-0.2, -0.15) is 0 Å². The van der Waals surface area contributed by atoms with Gasteiger partial charge in [0, 0.05) is 24.1 Å². The highest BCUT2D eigenvalue weighted by atomic mass is 32.2. The highest BCUT2D eigenvalue weighted by Crippen LogP contribution is 2.28. The molecule has 0 atom stereocenters. The second-order valence-corrected chi connectivity index (χ2v) is 8.29. The minimum Gasteiger partial charge on any atom is -0.368 e. The average molecular weight is 316 g/mol. The van der Waals surface area contributed by atoms with Gasteiger partial charge in [-0.3, -0.25) is 0 Å². The molecular formula is C11H12N2O5S2. The van der Waals surface area contributed by atoms with Crippen molar-refractivity contribution in [1.82, 2.24) is 5.16 Å². The molecule has 2 rings (SSSR count). The molecule has 0 saturated carbocycles. The van der Waals surface area contributed by atoms with Crippen molar-refractivity contribution in [3.63, 3.8) is 0 Å². The van der Waals surface area contributed by atoms with E-state index >= 15 is 0 Å². The van der Waals surface area contributed by atoms with Crippen LogP contribution in [-0.4, -0.2) is 34.5 Å². The van der Waals surface area contributed by atoms with Crippen LogP contribution >= 0.6 is 0 Å². The van der Waals surface area contributed by atoms with Crippen molar-refractivity contribution in [2.75, 3.05) is 18.2 Å². The van der Waals surface area contributed by atoms with Gasteiger partial charge < -0.3 is 10.3 Å². The summed E-state index contributed by atoms with van der Waals surface area (Å²) < 4.78 is 51.5. The van der Waals surface area contributed by atoms with Crippen molar-refractivity contribution < 1.29 is 21.4 Å². The first-order valence-corrected chi connectivity index (χ1v) is 9.14. The minimum absolute atomic E-state index is 0.0769. The predicted molar refractivity (Wildman–Crippen MR) is 72.6 cm³/mol. The Kier molecular flexibility index (Phi) is 3.34. The number of nitrogens with two attached hydrogens (primary N) is 1. The SMILES string of the molecule is CS(=O)(=O)c1ccc(-c2cc(N)on2)cc1S(C)(=O)=O. The van der Waals surface area contributed by atoms with E-state index < -0.39 is 19.7 Å². The quantitative estimate of drug-likeness (QED) is 0.886. The number of nitrogen functional groups attached to an aromatic ring is 1. The van der Waals surface area contributed by atoms with Crippen LogP contribution in [0.1, 0.15) is 0 Å². The summed E-state index contributed by atoms with van der Waals surface area (Å²) in [4.78, 5) is -0.528. The van der Waals surface area contributed by atoms with Gasteiger partial charge >= 0.3 is 0 Å². The maximum Gasteiger partial charge on any atom is 0.222 e. The topological polar surface area (TPSA) is 120 Å². The summed E-state index contributed by atoms with van der Waals surface area (Å²) in [7, 11) is -7.37. The highest BCUT2D eigenvalue weighted by Gasteiger charge is 2.21. The van der Waals surface area contributed by atoms with Crippen molar-refractivity contribution in [1.29, 1.82) is 0 Å². The zero-order valence-corrected chi connectivity index (χ0v) is 12.3. The molecule has 0 aliphatic rings. The molecule has 0 spiro atoms. The van der Waals surface area contributed by atoms with Crippen LogP contribution in [-0.2, 0) is 19.7 Å². The molecule has 2 N–H and O–H groups in total.